The third-order valence-electron chi connectivity index (χ3n) is 4.18. The number of pyridine rings is 1. The second kappa shape index (κ2) is 8.30. The molecule has 0 N–H and O–H groups in total. The van der Waals surface area contributed by atoms with Crippen molar-refractivity contribution in [3.05, 3.63) is 53.0 Å². The lowest BCUT2D eigenvalue weighted by Crippen LogP contribution is -2.29. The molecular formula is C18H14F4N4O3S2. The molecule has 0 fully saturated rings. The van der Waals surface area contributed by atoms with Crippen LogP contribution < -0.4 is 4.90 Å². The molecule has 7 nitrogen and oxygen atoms in total. The molecule has 0 aliphatic carbocycles. The van der Waals surface area contributed by atoms with Crippen LogP contribution in [0.2, 0.25) is 0 Å². The number of halogens is 4. The van der Waals surface area contributed by atoms with E-state index in [-0.39, 0.29) is 27.8 Å². The van der Waals surface area contributed by atoms with Crippen molar-refractivity contribution < 1.29 is 30.8 Å². The summed E-state index contributed by atoms with van der Waals surface area (Å²) in [5.41, 5.74) is 0.0978. The van der Waals surface area contributed by atoms with Crippen LogP contribution in [-0.2, 0) is 16.0 Å². The summed E-state index contributed by atoms with van der Waals surface area (Å²) < 4.78 is 77.1. The van der Waals surface area contributed by atoms with Gasteiger partial charge in [-0.3, -0.25) is 9.69 Å². The van der Waals surface area contributed by atoms with Gasteiger partial charge in [0, 0.05) is 18.8 Å². The first-order valence-corrected chi connectivity index (χ1v) is 11.1. The largest absolute Gasteiger partial charge is 0.445 e. The molecule has 0 aliphatic rings. The molecule has 31 heavy (non-hydrogen) atoms. The van der Waals surface area contributed by atoms with E-state index in [9.17, 15) is 30.8 Å². The molecule has 0 aliphatic heterocycles. The molecule has 164 valence electrons. The molecule has 0 saturated heterocycles. The first kappa shape index (κ1) is 22.7. The molecule has 0 atom stereocenters. The van der Waals surface area contributed by atoms with Crippen molar-refractivity contribution >= 4 is 32.2 Å². The van der Waals surface area contributed by atoms with Crippen molar-refractivity contribution in [3.63, 3.8) is 0 Å². The quantitative estimate of drug-likeness (QED) is 0.522. The van der Waals surface area contributed by atoms with Crippen molar-refractivity contribution in [2.24, 2.45) is 0 Å². The van der Waals surface area contributed by atoms with E-state index in [4.69, 9.17) is 0 Å². The summed E-state index contributed by atoms with van der Waals surface area (Å²) in [4.78, 5) is 17.1. The molecule has 2 heterocycles. The highest BCUT2D eigenvalue weighted by Gasteiger charge is 2.37. The van der Waals surface area contributed by atoms with Crippen molar-refractivity contribution in [3.8, 4) is 11.1 Å². The van der Waals surface area contributed by atoms with Gasteiger partial charge < -0.3 is 0 Å². The topological polar surface area (TPSA) is 93.1 Å². The summed E-state index contributed by atoms with van der Waals surface area (Å²) in [5, 5.41) is 4.73. The Hall–Kier alpha value is -2.93. The number of benzene rings is 1. The molecule has 3 rings (SSSR count). The fourth-order valence-corrected chi connectivity index (χ4v) is 4.26. The lowest BCUT2D eigenvalue weighted by molar-refractivity contribution is -0.138. The van der Waals surface area contributed by atoms with E-state index in [1.165, 1.54) is 43.5 Å². The summed E-state index contributed by atoms with van der Waals surface area (Å²) in [7, 11) is -2.83. The van der Waals surface area contributed by atoms with Crippen molar-refractivity contribution in [1.82, 2.24) is 15.2 Å². The van der Waals surface area contributed by atoms with Gasteiger partial charge >= 0.3 is 6.18 Å². The summed E-state index contributed by atoms with van der Waals surface area (Å²) in [5.74, 6) is -1.89. The third-order valence-corrected chi connectivity index (χ3v) is 6.96. The maximum atomic E-state index is 13.5. The number of amides is 1. The van der Waals surface area contributed by atoms with Crippen LogP contribution in [0.5, 0.6) is 0 Å². The normalized spacial score (nSPS) is 12.1. The van der Waals surface area contributed by atoms with Crippen LogP contribution in [0, 0.1) is 5.82 Å². The Bertz CT molecular complexity index is 1240. The highest BCUT2D eigenvalue weighted by Crippen LogP contribution is 2.34. The number of sulfone groups is 1. The molecular weight excluding hydrogens is 460 g/mol. The van der Waals surface area contributed by atoms with Crippen LogP contribution in [-0.4, -0.2) is 42.3 Å². The Morgan fingerprint density at radius 1 is 1.16 bits per heavy atom. The zero-order valence-electron chi connectivity index (χ0n) is 16.0. The standard InChI is InChI=1S/C18H14F4N4O3S2/c1-3-31(28,29)13-8-11(10-5-4-6-12(19)7-10)9-23-14(13)15(27)26(2)17-25-24-16(30-17)18(20,21)22/h4-9H,3H2,1-2H3. The number of carbonyl (C=O) groups is 1. The SMILES string of the molecule is CCS(=O)(=O)c1cc(-c2cccc(F)c2)cnc1C(=O)N(C)c1nnc(C(F)(F)F)s1. The van der Waals surface area contributed by atoms with Gasteiger partial charge in [0.05, 0.1) is 10.6 Å². The average Bonchev–Trinajstić information content (AvgIpc) is 3.23. The van der Waals surface area contributed by atoms with Crippen molar-refractivity contribution in [2.75, 3.05) is 17.7 Å². The minimum Gasteiger partial charge on any atom is -0.284 e. The Kier molecular flexibility index (Phi) is 6.09. The number of rotatable bonds is 5. The Morgan fingerprint density at radius 3 is 2.45 bits per heavy atom. The minimum atomic E-state index is -4.73. The van der Waals surface area contributed by atoms with Crippen molar-refractivity contribution in [2.45, 2.75) is 18.0 Å². The van der Waals surface area contributed by atoms with Crippen molar-refractivity contribution in [1.29, 1.82) is 0 Å². The van der Waals surface area contributed by atoms with Gasteiger partial charge in [0.2, 0.25) is 10.1 Å². The summed E-state index contributed by atoms with van der Waals surface area (Å²) in [6.07, 6.45) is -3.55. The van der Waals surface area contributed by atoms with Crippen LogP contribution in [0.25, 0.3) is 11.1 Å². The van der Waals surface area contributed by atoms with Crippen LogP contribution >= 0.6 is 11.3 Å². The average molecular weight is 474 g/mol. The van der Waals surface area contributed by atoms with Crippen LogP contribution in [0.4, 0.5) is 22.7 Å². The van der Waals surface area contributed by atoms with E-state index in [0.29, 0.717) is 5.56 Å². The number of alkyl halides is 3. The van der Waals surface area contributed by atoms with E-state index in [1.807, 2.05) is 0 Å². The second-order valence-corrected chi connectivity index (χ2v) is 9.44. The molecule has 0 bridgehead atoms. The Labute approximate surface area is 178 Å². The first-order chi connectivity index (χ1) is 14.4. The van der Waals surface area contributed by atoms with E-state index < -0.39 is 43.3 Å². The molecule has 3 aromatic rings. The number of carbonyl (C=O) groups excluding carboxylic acids is 1. The maximum absolute atomic E-state index is 13.5. The predicted molar refractivity (Wildman–Crippen MR) is 105 cm³/mol. The van der Waals surface area contributed by atoms with Gasteiger partial charge in [-0.15, -0.1) is 10.2 Å². The monoisotopic (exact) mass is 474 g/mol. The lowest BCUT2D eigenvalue weighted by Gasteiger charge is -2.16. The minimum absolute atomic E-state index is 0.131. The van der Waals surface area contributed by atoms with Crippen LogP contribution in [0.3, 0.4) is 0 Å². The summed E-state index contributed by atoms with van der Waals surface area (Å²) >= 11 is 0.131. The zero-order chi connectivity index (χ0) is 23.0. The number of anilines is 1. The first-order valence-electron chi connectivity index (χ1n) is 8.61. The Morgan fingerprint density at radius 2 is 1.87 bits per heavy atom. The molecule has 1 aromatic carbocycles. The molecule has 0 unspecified atom stereocenters. The highest BCUT2D eigenvalue weighted by atomic mass is 32.2. The Balaban J connectivity index is 2.07. The second-order valence-electron chi connectivity index (χ2n) is 6.24. The number of hydrogen-bond acceptors (Lipinski definition) is 7. The highest BCUT2D eigenvalue weighted by molar-refractivity contribution is 7.91. The van der Waals surface area contributed by atoms with E-state index >= 15 is 0 Å². The fraction of sp³-hybridized carbons (Fsp3) is 0.222. The van der Waals surface area contributed by atoms with Crippen LogP contribution in [0.1, 0.15) is 22.4 Å². The molecule has 0 radical (unpaired) electrons. The van der Waals surface area contributed by atoms with Gasteiger partial charge in [0.25, 0.3) is 5.91 Å². The van der Waals surface area contributed by atoms with Gasteiger partial charge in [0.15, 0.2) is 9.84 Å². The maximum Gasteiger partial charge on any atom is 0.445 e. The van der Waals surface area contributed by atoms with Gasteiger partial charge in [-0.25, -0.2) is 17.8 Å². The van der Waals surface area contributed by atoms with E-state index in [2.05, 4.69) is 15.2 Å². The number of aromatic nitrogens is 3. The lowest BCUT2D eigenvalue weighted by atomic mass is 10.1. The molecule has 1 amide bonds. The number of nitrogens with zero attached hydrogens (tertiary/aromatic N) is 4. The summed E-state index contributed by atoms with van der Waals surface area (Å²) in [6.45, 7) is 1.36. The van der Waals surface area contributed by atoms with E-state index in [1.54, 1.807) is 0 Å². The van der Waals surface area contributed by atoms with Gasteiger partial charge in [-0.2, -0.15) is 13.2 Å². The third kappa shape index (κ3) is 4.71. The molecule has 13 heteroatoms. The zero-order valence-corrected chi connectivity index (χ0v) is 17.6. The fourth-order valence-electron chi connectivity index (χ4n) is 2.53. The van der Waals surface area contributed by atoms with Crippen LogP contribution in [0.15, 0.2) is 41.4 Å². The molecule has 0 spiro atoms. The van der Waals surface area contributed by atoms with Gasteiger partial charge in [-0.05, 0) is 23.8 Å². The molecule has 2 aromatic heterocycles. The van der Waals surface area contributed by atoms with E-state index in [0.717, 1.165) is 11.9 Å². The number of hydrogen-bond donors (Lipinski definition) is 0. The predicted octanol–water partition coefficient (Wildman–Crippen LogP) is 3.83. The summed E-state index contributed by atoms with van der Waals surface area (Å²) in [6, 6.07) is 6.54. The smallest absolute Gasteiger partial charge is 0.284 e. The molecule has 0 saturated carbocycles. The van der Waals surface area contributed by atoms with Gasteiger partial charge in [-0.1, -0.05) is 30.4 Å². The van der Waals surface area contributed by atoms with Gasteiger partial charge in [0.1, 0.15) is 11.5 Å².